The maximum atomic E-state index is 10.3. The molecule has 0 aromatic rings. The fraction of sp³-hybridized carbons (Fsp3) is 0.333. The lowest BCUT2D eigenvalue weighted by Gasteiger charge is -1.83. The molecule has 50 valence electrons. The van der Waals surface area contributed by atoms with Gasteiger partial charge in [0.15, 0.2) is 0 Å². The van der Waals surface area contributed by atoms with Gasteiger partial charge in [0.05, 0.1) is 0 Å². The van der Waals surface area contributed by atoms with Gasteiger partial charge in [-0.15, -0.1) is 0 Å². The minimum absolute atomic E-state index is 0.00810. The van der Waals surface area contributed by atoms with Gasteiger partial charge >= 0.3 is 5.97 Å². The molecule has 0 unspecified atom stereocenters. The monoisotopic (exact) mass is 128 g/mol. The van der Waals surface area contributed by atoms with Gasteiger partial charge in [-0.05, 0) is 6.92 Å². The molecular weight excluding hydrogens is 120 g/mol. The number of aliphatic carboxylic acids is 1. The number of carboxylic acid groups (broad SMARTS) is 1. The highest BCUT2D eigenvalue weighted by molar-refractivity contribution is 6.33. The van der Waals surface area contributed by atoms with E-state index >= 15 is 0 Å². The van der Waals surface area contributed by atoms with Crippen molar-refractivity contribution in [2.45, 2.75) is 13.3 Å². The molecule has 0 saturated heterocycles. The van der Waals surface area contributed by atoms with Crippen LogP contribution in [0.15, 0.2) is 12.2 Å². The van der Waals surface area contributed by atoms with Crippen molar-refractivity contribution in [3.05, 3.63) is 12.2 Å². The van der Waals surface area contributed by atoms with Crippen LogP contribution in [0.1, 0.15) is 13.3 Å². The number of hydrogen-bond acceptors (Lipinski definition) is 2. The zero-order chi connectivity index (χ0) is 7.28. The van der Waals surface area contributed by atoms with Crippen molar-refractivity contribution in [1.82, 2.24) is 0 Å². The van der Waals surface area contributed by atoms with Crippen LogP contribution in [0.3, 0.4) is 0 Å². The summed E-state index contributed by atoms with van der Waals surface area (Å²) in [6.45, 7) is 1.73. The summed E-state index contributed by atoms with van der Waals surface area (Å²) in [4.78, 5) is 20.1. The molecule has 0 aromatic heterocycles. The molecule has 0 rings (SSSR count). The Labute approximate surface area is 53.0 Å². The third-order valence-corrected chi connectivity index (χ3v) is 0.777. The topological polar surface area (TPSA) is 54.4 Å². The molecule has 0 aliphatic rings. The van der Waals surface area contributed by atoms with Crippen molar-refractivity contribution in [2.75, 3.05) is 0 Å². The zero-order valence-electron chi connectivity index (χ0n) is 5.13. The molecule has 0 bridgehead atoms. The molecule has 0 atom stereocenters. The van der Waals surface area contributed by atoms with E-state index < -0.39 is 11.8 Å². The van der Waals surface area contributed by atoms with E-state index in [0.29, 0.717) is 0 Å². The Morgan fingerprint density at radius 2 is 2.11 bits per heavy atom. The van der Waals surface area contributed by atoms with Crippen molar-refractivity contribution < 1.29 is 14.7 Å². The molecule has 0 saturated carbocycles. The molecule has 0 aromatic carbocycles. The van der Waals surface area contributed by atoms with E-state index in [1.165, 1.54) is 6.08 Å². The number of carbonyl (C=O) groups is 2. The first kappa shape index (κ1) is 7.88. The first-order valence-corrected chi connectivity index (χ1v) is 2.55. The molecule has 0 spiro atoms. The normalized spacial score (nSPS) is 9.89. The average molecular weight is 128 g/mol. The van der Waals surface area contributed by atoms with Gasteiger partial charge in [0.25, 0.3) is 0 Å². The third-order valence-electron chi connectivity index (χ3n) is 0.777. The summed E-state index contributed by atoms with van der Waals surface area (Å²) in [6, 6.07) is 0. The van der Waals surface area contributed by atoms with Crippen LogP contribution in [0, 0.1) is 0 Å². The number of allylic oxidation sites excluding steroid dienone is 2. The highest BCUT2D eigenvalue weighted by atomic mass is 16.4. The first-order valence-electron chi connectivity index (χ1n) is 2.55. The Kier molecular flexibility index (Phi) is 3.35. The highest BCUT2D eigenvalue weighted by Gasteiger charge is 2.06. The average Bonchev–Trinajstić information content (AvgIpc) is 1.82. The van der Waals surface area contributed by atoms with E-state index in [1.807, 2.05) is 0 Å². The predicted octanol–water partition coefficient (Wildman–Crippen LogP) is 0.606. The Balaban J connectivity index is 3.65. The first-order chi connectivity index (χ1) is 4.18. The van der Waals surface area contributed by atoms with Crippen LogP contribution >= 0.6 is 0 Å². The smallest absolute Gasteiger partial charge is 0.372 e. The number of ketones is 1. The van der Waals surface area contributed by atoms with Crippen molar-refractivity contribution in [2.24, 2.45) is 0 Å². The summed E-state index contributed by atoms with van der Waals surface area (Å²) < 4.78 is 0. The number of hydrogen-bond donors (Lipinski definition) is 1. The van der Waals surface area contributed by atoms with Gasteiger partial charge in [0, 0.05) is 6.42 Å². The van der Waals surface area contributed by atoms with E-state index in [2.05, 4.69) is 0 Å². The molecule has 0 amide bonds. The van der Waals surface area contributed by atoms with Gasteiger partial charge < -0.3 is 5.11 Å². The second-order valence-corrected chi connectivity index (χ2v) is 1.50. The summed E-state index contributed by atoms with van der Waals surface area (Å²) >= 11 is 0. The van der Waals surface area contributed by atoms with Crippen molar-refractivity contribution in [1.29, 1.82) is 0 Å². The molecule has 9 heavy (non-hydrogen) atoms. The maximum absolute atomic E-state index is 10.3. The van der Waals surface area contributed by atoms with Crippen LogP contribution in [-0.4, -0.2) is 16.9 Å². The molecule has 0 aliphatic heterocycles. The zero-order valence-corrected chi connectivity index (χ0v) is 5.13. The van der Waals surface area contributed by atoms with E-state index in [4.69, 9.17) is 5.11 Å². The minimum atomic E-state index is -1.37. The van der Waals surface area contributed by atoms with Gasteiger partial charge in [-0.25, -0.2) is 4.79 Å². The van der Waals surface area contributed by atoms with Crippen LogP contribution in [0.4, 0.5) is 0 Å². The van der Waals surface area contributed by atoms with Crippen molar-refractivity contribution in [3.63, 3.8) is 0 Å². The molecular formula is C6H8O3. The highest BCUT2D eigenvalue weighted by Crippen LogP contribution is 1.84. The summed E-state index contributed by atoms with van der Waals surface area (Å²) in [5.74, 6) is -2.14. The number of rotatable bonds is 3. The summed E-state index contributed by atoms with van der Waals surface area (Å²) in [7, 11) is 0. The van der Waals surface area contributed by atoms with Gasteiger partial charge in [-0.3, -0.25) is 4.79 Å². The molecule has 3 heteroatoms. The van der Waals surface area contributed by atoms with Crippen molar-refractivity contribution >= 4 is 11.8 Å². The fourth-order valence-corrected chi connectivity index (χ4v) is 0.312. The lowest BCUT2D eigenvalue weighted by molar-refractivity contribution is -0.148. The van der Waals surface area contributed by atoms with Crippen LogP contribution in [0.25, 0.3) is 0 Å². The van der Waals surface area contributed by atoms with Gasteiger partial charge in [-0.1, -0.05) is 12.2 Å². The predicted molar refractivity (Wildman–Crippen MR) is 32.1 cm³/mol. The van der Waals surface area contributed by atoms with Crippen LogP contribution in [-0.2, 0) is 9.59 Å². The molecule has 0 aliphatic carbocycles. The molecule has 0 radical (unpaired) electrons. The van der Waals surface area contributed by atoms with E-state index in [1.54, 1.807) is 13.0 Å². The van der Waals surface area contributed by atoms with Gasteiger partial charge in [-0.2, -0.15) is 0 Å². The summed E-state index contributed by atoms with van der Waals surface area (Å²) in [6.07, 6.45) is 3.14. The number of Topliss-reactive ketones (excluding diaryl/α,β-unsaturated/α-hetero) is 1. The molecule has 3 nitrogen and oxygen atoms in total. The summed E-state index contributed by atoms with van der Waals surface area (Å²) in [5, 5.41) is 8.03. The Morgan fingerprint density at radius 1 is 1.56 bits per heavy atom. The second kappa shape index (κ2) is 3.83. The molecule has 0 heterocycles. The van der Waals surface area contributed by atoms with E-state index in [-0.39, 0.29) is 6.42 Å². The molecule has 0 fully saturated rings. The minimum Gasteiger partial charge on any atom is -0.475 e. The van der Waals surface area contributed by atoms with E-state index in [9.17, 15) is 9.59 Å². The Hall–Kier alpha value is -1.12. The lowest BCUT2D eigenvalue weighted by Crippen LogP contribution is -2.10. The SMILES string of the molecule is C/C=C\CC(=O)C(=O)O. The standard InChI is InChI=1S/C6H8O3/c1-2-3-4-5(7)6(8)9/h2-3H,4H2,1H3,(H,8,9)/b3-2-. The Bertz CT molecular complexity index is 146. The molecule has 1 N–H and O–H groups in total. The van der Waals surface area contributed by atoms with Crippen molar-refractivity contribution in [3.8, 4) is 0 Å². The second-order valence-electron chi connectivity index (χ2n) is 1.50. The van der Waals surface area contributed by atoms with Crippen LogP contribution < -0.4 is 0 Å². The van der Waals surface area contributed by atoms with Gasteiger partial charge in [0.1, 0.15) is 0 Å². The van der Waals surface area contributed by atoms with Gasteiger partial charge in [0.2, 0.25) is 5.78 Å². The Morgan fingerprint density at radius 3 is 2.44 bits per heavy atom. The van der Waals surface area contributed by atoms with E-state index in [0.717, 1.165) is 0 Å². The number of carbonyl (C=O) groups excluding carboxylic acids is 1. The largest absolute Gasteiger partial charge is 0.475 e. The fourth-order valence-electron chi connectivity index (χ4n) is 0.312. The number of carboxylic acids is 1. The maximum Gasteiger partial charge on any atom is 0.372 e. The lowest BCUT2D eigenvalue weighted by atomic mass is 10.3. The van der Waals surface area contributed by atoms with Crippen LogP contribution in [0.2, 0.25) is 0 Å². The van der Waals surface area contributed by atoms with Crippen LogP contribution in [0.5, 0.6) is 0 Å². The third kappa shape index (κ3) is 3.46. The summed E-state index contributed by atoms with van der Waals surface area (Å²) in [5.41, 5.74) is 0. The quantitative estimate of drug-likeness (QED) is 0.447.